The second-order valence-corrected chi connectivity index (χ2v) is 11.8. The van der Waals surface area contributed by atoms with Gasteiger partial charge in [-0.05, 0) is 97.8 Å². The zero-order chi connectivity index (χ0) is 39.7. The minimum Gasteiger partial charge on any atom is -0.493 e. The van der Waals surface area contributed by atoms with Gasteiger partial charge in [0.2, 0.25) is 5.41 Å². The number of esters is 3. The average Bonchev–Trinajstić information content (AvgIpc) is 3.09. The number of halogens is 8. The Bertz CT molecular complexity index is 1940. The van der Waals surface area contributed by atoms with E-state index in [0.29, 0.717) is 66.9 Å². The predicted octanol–water partition coefficient (Wildman–Crippen LogP) is 9.79. The van der Waals surface area contributed by atoms with E-state index in [1.807, 2.05) is 0 Å². The Morgan fingerprint density at radius 3 is 1.50 bits per heavy atom. The third-order valence-corrected chi connectivity index (χ3v) is 8.07. The van der Waals surface area contributed by atoms with Gasteiger partial charge in [-0.15, -0.1) is 0 Å². The van der Waals surface area contributed by atoms with Crippen LogP contribution < -0.4 is 14.2 Å². The van der Waals surface area contributed by atoms with Crippen molar-refractivity contribution in [1.29, 1.82) is 0 Å². The molecule has 0 unspecified atom stereocenters. The minimum atomic E-state index is -5.97. The molecule has 0 aromatic heterocycles. The molecule has 0 fully saturated rings. The second-order valence-electron chi connectivity index (χ2n) is 11.8. The van der Waals surface area contributed by atoms with Gasteiger partial charge in [-0.2, -0.15) is 26.3 Å². The Morgan fingerprint density at radius 1 is 0.611 bits per heavy atom. The zero-order valence-corrected chi connectivity index (χ0v) is 28.5. The van der Waals surface area contributed by atoms with Gasteiger partial charge in [0, 0.05) is 12.1 Å². The molecule has 0 heterocycles. The van der Waals surface area contributed by atoms with E-state index in [9.17, 15) is 49.5 Å². The summed E-state index contributed by atoms with van der Waals surface area (Å²) in [7, 11) is 0. The molecule has 0 N–H and O–H groups in total. The van der Waals surface area contributed by atoms with Gasteiger partial charge >= 0.3 is 30.3 Å². The highest BCUT2D eigenvalue weighted by Crippen LogP contribution is 2.56. The van der Waals surface area contributed by atoms with Crippen molar-refractivity contribution in [2.24, 2.45) is 0 Å². The molecule has 0 atom stereocenters. The van der Waals surface area contributed by atoms with Crippen LogP contribution >= 0.6 is 0 Å². The summed E-state index contributed by atoms with van der Waals surface area (Å²) < 4.78 is 137. The van der Waals surface area contributed by atoms with Crippen LogP contribution in [0, 0.1) is 18.6 Å². The first-order valence-corrected chi connectivity index (χ1v) is 16.2. The fourth-order valence-electron chi connectivity index (χ4n) is 5.37. The number of ether oxygens (including phenoxy) is 4. The third kappa shape index (κ3) is 9.62. The molecule has 15 heteroatoms. The highest BCUT2D eigenvalue weighted by molar-refractivity contribution is 5.92. The summed E-state index contributed by atoms with van der Waals surface area (Å²) in [5, 5.41) is 0. The molecule has 4 rings (SSSR count). The SMILES string of the molecule is C=CC(=O)OCCCCCCOc1ccc(C(=O)Oc2ccc(C(c3ccc(OC(=O)c4ccc(C)cc4F)cc3)(C(F)(F)F)C(F)(F)F)cc2)c(F)c1. The third-order valence-electron chi connectivity index (χ3n) is 8.07. The number of hydrogen-bond acceptors (Lipinski definition) is 7. The number of alkyl halides is 6. The van der Waals surface area contributed by atoms with E-state index in [4.69, 9.17) is 18.9 Å². The summed E-state index contributed by atoms with van der Waals surface area (Å²) in [5.74, 6) is -5.84. The lowest BCUT2D eigenvalue weighted by Gasteiger charge is -2.38. The van der Waals surface area contributed by atoms with E-state index in [-0.39, 0.29) is 19.0 Å². The van der Waals surface area contributed by atoms with Crippen molar-refractivity contribution < 1.29 is 68.5 Å². The lowest BCUT2D eigenvalue weighted by Crippen LogP contribution is -2.54. The molecule has 4 aromatic carbocycles. The molecule has 0 aliphatic carbocycles. The lowest BCUT2D eigenvalue weighted by atomic mass is 9.73. The fourth-order valence-corrected chi connectivity index (χ4v) is 5.37. The molecule has 0 saturated carbocycles. The van der Waals surface area contributed by atoms with Crippen molar-refractivity contribution in [1.82, 2.24) is 0 Å². The average molecular weight is 765 g/mol. The quantitative estimate of drug-likeness (QED) is 0.0392. The van der Waals surface area contributed by atoms with Crippen molar-refractivity contribution >= 4 is 17.9 Å². The molecule has 7 nitrogen and oxygen atoms in total. The number of hydrogen-bond donors (Lipinski definition) is 0. The summed E-state index contributed by atoms with van der Waals surface area (Å²) >= 11 is 0. The molecule has 0 aliphatic heterocycles. The highest BCUT2D eigenvalue weighted by Gasteiger charge is 2.72. The van der Waals surface area contributed by atoms with Crippen LogP contribution in [0.1, 0.15) is 63.1 Å². The number of aryl methyl sites for hydroxylation is 1. The minimum absolute atomic E-state index is 0.0929. The molecule has 0 spiro atoms. The van der Waals surface area contributed by atoms with E-state index in [1.54, 1.807) is 6.92 Å². The Balaban J connectivity index is 1.45. The molecule has 4 aromatic rings. The molecule has 54 heavy (non-hydrogen) atoms. The van der Waals surface area contributed by atoms with Crippen molar-refractivity contribution in [3.8, 4) is 17.2 Å². The molecule has 0 radical (unpaired) electrons. The van der Waals surface area contributed by atoms with Gasteiger partial charge in [-0.1, -0.05) is 36.9 Å². The van der Waals surface area contributed by atoms with Crippen LogP contribution in [0.4, 0.5) is 35.1 Å². The van der Waals surface area contributed by atoms with Gasteiger partial charge in [0.15, 0.2) is 0 Å². The summed E-state index contributed by atoms with van der Waals surface area (Å²) in [6, 6.07) is 11.5. The number of carbonyl (C=O) groups excluding carboxylic acids is 3. The van der Waals surface area contributed by atoms with E-state index in [1.165, 1.54) is 12.1 Å². The fraction of sp³-hybridized carbons (Fsp3) is 0.256. The number of benzene rings is 4. The second kappa shape index (κ2) is 17.4. The summed E-state index contributed by atoms with van der Waals surface area (Å²) in [4.78, 5) is 36.1. The van der Waals surface area contributed by atoms with Crippen LogP contribution in [0.15, 0.2) is 97.6 Å². The largest absolute Gasteiger partial charge is 0.493 e. The lowest BCUT2D eigenvalue weighted by molar-refractivity contribution is -0.288. The molecule has 0 saturated heterocycles. The Kier molecular flexibility index (Phi) is 13.2. The van der Waals surface area contributed by atoms with Gasteiger partial charge in [-0.25, -0.2) is 23.2 Å². The number of rotatable bonds is 15. The molecular formula is C39H32F8O7. The first kappa shape index (κ1) is 41.0. The van der Waals surface area contributed by atoms with Crippen molar-refractivity contribution in [2.75, 3.05) is 13.2 Å². The Hall–Kier alpha value is -5.73. The molecule has 0 amide bonds. The van der Waals surface area contributed by atoms with Gasteiger partial charge in [0.05, 0.1) is 24.3 Å². The van der Waals surface area contributed by atoms with Crippen molar-refractivity contribution in [2.45, 2.75) is 50.4 Å². The normalized spacial score (nSPS) is 11.8. The Morgan fingerprint density at radius 2 is 1.06 bits per heavy atom. The summed E-state index contributed by atoms with van der Waals surface area (Å²) in [6.45, 7) is 5.32. The van der Waals surface area contributed by atoms with Gasteiger partial charge in [0.25, 0.3) is 0 Å². The van der Waals surface area contributed by atoms with Crippen LogP contribution in [-0.4, -0.2) is 43.5 Å². The standard InChI is InChI=1S/C39H32F8O7/c1-3-34(48)52-21-7-5-4-6-20-51-29-17-19-31(33(41)23-29)36(50)54-28-15-11-26(12-16-28)37(38(42,43)44,39(45,46)47)25-9-13-27(14-10-25)53-35(49)30-18-8-24(2)22-32(30)40/h3,8-19,22-23H,1,4-7,20-21H2,2H3. The summed E-state index contributed by atoms with van der Waals surface area (Å²) in [6.07, 6.45) is -8.18. The molecule has 0 aliphatic rings. The van der Waals surface area contributed by atoms with Crippen LogP contribution in [0.2, 0.25) is 0 Å². The zero-order valence-electron chi connectivity index (χ0n) is 28.5. The molecule has 0 bridgehead atoms. The van der Waals surface area contributed by atoms with Gasteiger partial charge in [0.1, 0.15) is 28.9 Å². The van der Waals surface area contributed by atoms with E-state index in [0.717, 1.165) is 43.2 Å². The molecular weight excluding hydrogens is 732 g/mol. The smallest absolute Gasteiger partial charge is 0.411 e. The monoisotopic (exact) mass is 764 g/mol. The Labute approximate surface area is 304 Å². The molecule has 286 valence electrons. The van der Waals surface area contributed by atoms with Crippen LogP contribution in [0.5, 0.6) is 17.2 Å². The summed E-state index contributed by atoms with van der Waals surface area (Å²) in [5.41, 5.74) is -7.77. The highest BCUT2D eigenvalue weighted by atomic mass is 19.4. The topological polar surface area (TPSA) is 88.1 Å². The van der Waals surface area contributed by atoms with E-state index < -0.39 is 81.1 Å². The first-order valence-electron chi connectivity index (χ1n) is 16.2. The van der Waals surface area contributed by atoms with Crippen LogP contribution in [-0.2, 0) is 14.9 Å². The van der Waals surface area contributed by atoms with E-state index in [2.05, 4.69) is 6.58 Å². The maximum Gasteiger partial charge on any atom is 0.411 e. The maximum atomic E-state index is 14.8. The van der Waals surface area contributed by atoms with E-state index >= 15 is 0 Å². The van der Waals surface area contributed by atoms with Crippen LogP contribution in [0.3, 0.4) is 0 Å². The van der Waals surface area contributed by atoms with Crippen molar-refractivity contribution in [3.05, 3.63) is 137 Å². The number of unbranched alkanes of at least 4 members (excludes halogenated alkanes) is 3. The van der Waals surface area contributed by atoms with Gasteiger partial charge in [-0.3, -0.25) is 0 Å². The van der Waals surface area contributed by atoms with Crippen molar-refractivity contribution in [3.63, 3.8) is 0 Å². The van der Waals surface area contributed by atoms with Crippen LogP contribution in [0.25, 0.3) is 0 Å². The predicted molar refractivity (Wildman–Crippen MR) is 178 cm³/mol. The maximum absolute atomic E-state index is 14.8. The van der Waals surface area contributed by atoms with Gasteiger partial charge < -0.3 is 18.9 Å². The number of carbonyl (C=O) groups is 3. The first-order chi connectivity index (χ1) is 25.5.